The number of sulfone groups is 1. The van der Waals surface area contributed by atoms with Gasteiger partial charge in [-0.2, -0.15) is 0 Å². The van der Waals surface area contributed by atoms with Gasteiger partial charge in [-0.1, -0.05) is 5.10 Å². The van der Waals surface area contributed by atoms with Crippen LogP contribution in [0.5, 0.6) is 0 Å². The first-order chi connectivity index (χ1) is 13.2. The third kappa shape index (κ3) is 2.66. The second kappa shape index (κ2) is 5.85. The molecule has 28 heavy (non-hydrogen) atoms. The molecule has 3 heterocycles. The Morgan fingerprint density at radius 1 is 1.07 bits per heavy atom. The van der Waals surface area contributed by atoms with Crippen LogP contribution in [-0.4, -0.2) is 41.3 Å². The van der Waals surface area contributed by atoms with Gasteiger partial charge >= 0.3 is 5.22 Å². The lowest BCUT2D eigenvalue weighted by molar-refractivity contribution is 0.0880. The Morgan fingerprint density at radius 2 is 1.75 bits per heavy atom. The molecule has 11 nitrogen and oxygen atoms in total. The van der Waals surface area contributed by atoms with Gasteiger partial charge in [-0.25, -0.2) is 8.42 Å². The summed E-state index contributed by atoms with van der Waals surface area (Å²) >= 11 is 0. The quantitative estimate of drug-likeness (QED) is 0.563. The molecule has 0 saturated heterocycles. The van der Waals surface area contributed by atoms with Crippen molar-refractivity contribution in [3.8, 4) is 17.1 Å². The maximum atomic E-state index is 12.4. The van der Waals surface area contributed by atoms with E-state index >= 15 is 0 Å². The van der Waals surface area contributed by atoms with Crippen LogP contribution in [0.2, 0.25) is 0 Å². The van der Waals surface area contributed by atoms with E-state index in [1.165, 1.54) is 24.3 Å². The molecular weight excluding hydrogens is 390 g/mol. The summed E-state index contributed by atoms with van der Waals surface area (Å²) in [4.78, 5) is 36.0. The van der Waals surface area contributed by atoms with Gasteiger partial charge in [0, 0.05) is 17.9 Å². The number of benzene rings is 1. The van der Waals surface area contributed by atoms with Gasteiger partial charge < -0.3 is 10.2 Å². The van der Waals surface area contributed by atoms with Crippen molar-refractivity contribution in [2.45, 2.75) is 5.22 Å². The Kier molecular flexibility index (Phi) is 3.68. The monoisotopic (exact) mass is 401 g/mol. The number of imide groups is 1. The van der Waals surface area contributed by atoms with Gasteiger partial charge in [-0.05, 0) is 24.3 Å². The zero-order valence-electron chi connectivity index (χ0n) is 14.2. The molecule has 4 rings (SSSR count). The fourth-order valence-electron chi connectivity index (χ4n) is 2.78. The molecule has 1 aliphatic rings. The van der Waals surface area contributed by atoms with E-state index in [0.29, 0.717) is 11.3 Å². The maximum absolute atomic E-state index is 12.4. The highest BCUT2D eigenvalue weighted by Crippen LogP contribution is 2.25. The van der Waals surface area contributed by atoms with Crippen molar-refractivity contribution in [1.29, 1.82) is 0 Å². The standard InChI is InChI=1S/C16H11N5O6S/c1-28(25,26)16-20-19-15(27-16)7-2-4-8(5-3-7)21-10(22)6-9-11(12(21)17)14(24)18-13(9)23/h2-6H,17H2,1H3,(H,18,23,24). The Balaban J connectivity index is 1.78. The number of pyridine rings is 1. The molecular formula is C16H11N5O6S. The molecule has 0 aliphatic carbocycles. The van der Waals surface area contributed by atoms with Crippen LogP contribution >= 0.6 is 0 Å². The van der Waals surface area contributed by atoms with Crippen LogP contribution in [0, 0.1) is 0 Å². The van der Waals surface area contributed by atoms with Crippen molar-refractivity contribution in [1.82, 2.24) is 20.1 Å². The summed E-state index contributed by atoms with van der Waals surface area (Å²) in [7, 11) is -3.64. The molecule has 0 atom stereocenters. The first kappa shape index (κ1) is 17.6. The van der Waals surface area contributed by atoms with Crippen LogP contribution in [0.1, 0.15) is 20.7 Å². The molecule has 3 N–H and O–H groups in total. The number of fused-ring (bicyclic) bond motifs is 1. The minimum atomic E-state index is -3.64. The van der Waals surface area contributed by atoms with Crippen molar-refractivity contribution < 1.29 is 22.4 Å². The Hall–Kier alpha value is -3.80. The normalized spacial score (nSPS) is 13.5. The van der Waals surface area contributed by atoms with Crippen LogP contribution in [0.3, 0.4) is 0 Å². The highest BCUT2D eigenvalue weighted by atomic mass is 32.2. The van der Waals surface area contributed by atoms with Gasteiger partial charge in [0.15, 0.2) is 0 Å². The lowest BCUT2D eigenvalue weighted by Crippen LogP contribution is -2.24. The van der Waals surface area contributed by atoms with Gasteiger partial charge in [0.05, 0.1) is 16.8 Å². The zero-order chi connectivity index (χ0) is 20.2. The number of nitrogen functional groups attached to an aromatic ring is 1. The summed E-state index contributed by atoms with van der Waals surface area (Å²) in [5, 5.41) is 8.72. The molecule has 2 amide bonds. The number of rotatable bonds is 3. The molecule has 0 unspecified atom stereocenters. The second-order valence-electron chi connectivity index (χ2n) is 5.97. The Bertz CT molecular complexity index is 1320. The average molecular weight is 401 g/mol. The number of carbonyl (C=O) groups excluding carboxylic acids is 2. The molecule has 1 aliphatic heterocycles. The van der Waals surface area contributed by atoms with E-state index in [0.717, 1.165) is 16.9 Å². The lowest BCUT2D eigenvalue weighted by atomic mass is 10.1. The summed E-state index contributed by atoms with van der Waals surface area (Å²) in [6, 6.07) is 7.06. The van der Waals surface area contributed by atoms with E-state index < -0.39 is 32.4 Å². The summed E-state index contributed by atoms with van der Waals surface area (Å²) in [5.41, 5.74) is 5.97. The van der Waals surface area contributed by atoms with E-state index in [1.54, 1.807) is 0 Å². The van der Waals surface area contributed by atoms with Crippen molar-refractivity contribution in [3.63, 3.8) is 0 Å². The number of hydrogen-bond donors (Lipinski definition) is 2. The minimum Gasteiger partial charge on any atom is -0.408 e. The zero-order valence-corrected chi connectivity index (χ0v) is 15.0. The van der Waals surface area contributed by atoms with E-state index in [1.807, 2.05) is 0 Å². The SMILES string of the molecule is CS(=O)(=O)c1nnc(-c2ccc(-n3c(N)c4c(cc3=O)C(=O)NC4=O)cc2)o1. The first-order valence-corrected chi connectivity index (χ1v) is 9.61. The van der Waals surface area contributed by atoms with Crippen LogP contribution in [-0.2, 0) is 9.84 Å². The topological polar surface area (TPSA) is 167 Å². The van der Waals surface area contributed by atoms with Gasteiger partial charge in [-0.15, -0.1) is 5.10 Å². The summed E-state index contributed by atoms with van der Waals surface area (Å²) in [5.74, 6) is -1.55. The van der Waals surface area contributed by atoms with Crippen LogP contribution < -0.4 is 16.6 Å². The smallest absolute Gasteiger partial charge is 0.335 e. The van der Waals surface area contributed by atoms with Crippen molar-refractivity contribution in [3.05, 3.63) is 51.8 Å². The van der Waals surface area contributed by atoms with Gasteiger partial charge in [-0.3, -0.25) is 24.3 Å². The van der Waals surface area contributed by atoms with Gasteiger partial charge in [0.2, 0.25) is 15.7 Å². The number of nitrogens with one attached hydrogen (secondary N) is 1. The molecule has 3 aromatic rings. The third-order valence-electron chi connectivity index (χ3n) is 4.05. The molecule has 0 saturated carbocycles. The summed E-state index contributed by atoms with van der Waals surface area (Å²) in [6.07, 6.45) is 0.942. The van der Waals surface area contributed by atoms with Crippen molar-refractivity contribution in [2.75, 3.05) is 12.0 Å². The Morgan fingerprint density at radius 3 is 2.36 bits per heavy atom. The van der Waals surface area contributed by atoms with Crippen molar-refractivity contribution in [2.24, 2.45) is 0 Å². The summed E-state index contributed by atoms with van der Waals surface area (Å²) < 4.78 is 29.1. The number of anilines is 1. The molecule has 0 bridgehead atoms. The van der Waals surface area contributed by atoms with Gasteiger partial charge in [0.25, 0.3) is 17.4 Å². The lowest BCUT2D eigenvalue weighted by Gasteiger charge is -2.12. The maximum Gasteiger partial charge on any atom is 0.335 e. The number of carbonyl (C=O) groups is 2. The molecule has 12 heteroatoms. The first-order valence-electron chi connectivity index (χ1n) is 7.72. The fraction of sp³-hybridized carbons (Fsp3) is 0.0625. The molecule has 2 aromatic heterocycles. The fourth-order valence-corrected chi connectivity index (χ4v) is 3.19. The molecule has 1 aromatic carbocycles. The molecule has 0 radical (unpaired) electrons. The Labute approximate surface area is 156 Å². The predicted molar refractivity (Wildman–Crippen MR) is 94.6 cm³/mol. The highest BCUT2D eigenvalue weighted by molar-refractivity contribution is 7.90. The number of nitrogens with two attached hydrogens (primary N) is 1. The van der Waals surface area contributed by atoms with Crippen LogP contribution in [0.4, 0.5) is 5.82 Å². The number of amides is 2. The second-order valence-corrected chi connectivity index (χ2v) is 7.86. The average Bonchev–Trinajstić information content (AvgIpc) is 3.21. The predicted octanol–water partition coefficient (Wildman–Crippen LogP) is -0.243. The highest BCUT2D eigenvalue weighted by Gasteiger charge is 2.31. The molecule has 0 fully saturated rings. The van der Waals surface area contributed by atoms with E-state index in [9.17, 15) is 22.8 Å². The van der Waals surface area contributed by atoms with Gasteiger partial charge in [0.1, 0.15) is 5.82 Å². The molecule has 142 valence electrons. The number of nitrogens with zero attached hydrogens (tertiary/aromatic N) is 3. The third-order valence-corrected chi connectivity index (χ3v) is 4.85. The van der Waals surface area contributed by atoms with E-state index in [2.05, 4.69) is 15.5 Å². The largest absolute Gasteiger partial charge is 0.408 e. The van der Waals surface area contributed by atoms with Crippen LogP contribution in [0.25, 0.3) is 17.1 Å². The van der Waals surface area contributed by atoms with E-state index in [4.69, 9.17) is 10.2 Å². The van der Waals surface area contributed by atoms with Crippen LogP contribution in [0.15, 0.2) is 44.8 Å². The number of aromatic nitrogens is 3. The number of hydrogen-bond acceptors (Lipinski definition) is 9. The van der Waals surface area contributed by atoms with E-state index in [-0.39, 0.29) is 22.8 Å². The van der Waals surface area contributed by atoms with Crippen molar-refractivity contribution >= 4 is 27.5 Å². The minimum absolute atomic E-state index is 0.0220. The summed E-state index contributed by atoms with van der Waals surface area (Å²) in [6.45, 7) is 0. The molecule has 0 spiro atoms.